The standard InChI is InChI=1S/C21H21BrN2O4S2/c1-3-28-19-9-8-16(11-18(19)22)24-30(26,27)20-12-15(7-6-14(20)2)23-21(25)13-17-5-4-10-29-17/h4-12,24H,3,13H2,1-2H3,(H,23,25). The van der Waals surface area contributed by atoms with Crippen LogP contribution < -0.4 is 14.8 Å². The Labute approximate surface area is 188 Å². The van der Waals surface area contributed by atoms with Crippen molar-refractivity contribution in [3.63, 3.8) is 0 Å². The maximum absolute atomic E-state index is 13.0. The fraction of sp³-hybridized carbons (Fsp3) is 0.190. The first kappa shape index (κ1) is 22.3. The molecule has 6 nitrogen and oxygen atoms in total. The maximum Gasteiger partial charge on any atom is 0.262 e. The minimum absolute atomic E-state index is 0.0985. The lowest BCUT2D eigenvalue weighted by Crippen LogP contribution is -2.17. The molecule has 0 radical (unpaired) electrons. The summed E-state index contributed by atoms with van der Waals surface area (Å²) in [6, 6.07) is 13.6. The van der Waals surface area contributed by atoms with Gasteiger partial charge in [0.2, 0.25) is 5.91 Å². The molecule has 1 heterocycles. The molecule has 30 heavy (non-hydrogen) atoms. The molecule has 0 bridgehead atoms. The zero-order valence-corrected chi connectivity index (χ0v) is 19.7. The van der Waals surface area contributed by atoms with Crippen molar-refractivity contribution >= 4 is 54.6 Å². The van der Waals surface area contributed by atoms with Crippen LogP contribution in [0.1, 0.15) is 17.4 Å². The molecule has 0 saturated carbocycles. The Morgan fingerprint density at radius 1 is 1.13 bits per heavy atom. The number of benzene rings is 2. The Kier molecular flexibility index (Phi) is 7.17. The summed E-state index contributed by atoms with van der Waals surface area (Å²) in [5, 5.41) is 4.67. The van der Waals surface area contributed by atoms with Gasteiger partial charge in [0.25, 0.3) is 10.0 Å². The Hall–Kier alpha value is -2.36. The van der Waals surface area contributed by atoms with E-state index in [0.29, 0.717) is 33.8 Å². The van der Waals surface area contributed by atoms with E-state index in [0.717, 1.165) is 4.88 Å². The van der Waals surface area contributed by atoms with E-state index in [4.69, 9.17) is 4.74 Å². The number of rotatable bonds is 8. The van der Waals surface area contributed by atoms with Crippen LogP contribution >= 0.6 is 27.3 Å². The first-order chi connectivity index (χ1) is 14.3. The van der Waals surface area contributed by atoms with Gasteiger partial charge in [0, 0.05) is 10.6 Å². The van der Waals surface area contributed by atoms with Gasteiger partial charge in [0.15, 0.2) is 0 Å². The van der Waals surface area contributed by atoms with Crippen molar-refractivity contribution < 1.29 is 17.9 Å². The van der Waals surface area contributed by atoms with Gasteiger partial charge in [0.05, 0.1) is 28.1 Å². The number of anilines is 2. The number of ether oxygens (including phenoxy) is 1. The Morgan fingerprint density at radius 2 is 1.90 bits per heavy atom. The zero-order valence-electron chi connectivity index (χ0n) is 16.4. The van der Waals surface area contributed by atoms with Crippen LogP contribution in [0.5, 0.6) is 5.75 Å². The third-order valence-electron chi connectivity index (χ3n) is 4.16. The van der Waals surface area contributed by atoms with Crippen LogP contribution in [0.3, 0.4) is 0 Å². The highest BCUT2D eigenvalue weighted by atomic mass is 79.9. The van der Waals surface area contributed by atoms with Gasteiger partial charge in [-0.2, -0.15) is 0 Å². The van der Waals surface area contributed by atoms with Gasteiger partial charge in [-0.15, -0.1) is 11.3 Å². The Morgan fingerprint density at radius 3 is 2.57 bits per heavy atom. The number of sulfonamides is 1. The van der Waals surface area contributed by atoms with Gasteiger partial charge in [-0.3, -0.25) is 9.52 Å². The molecule has 0 aliphatic carbocycles. The second kappa shape index (κ2) is 9.63. The fourth-order valence-electron chi connectivity index (χ4n) is 2.79. The lowest BCUT2D eigenvalue weighted by Gasteiger charge is -2.14. The molecule has 0 unspecified atom stereocenters. The molecule has 0 aliphatic heterocycles. The smallest absolute Gasteiger partial charge is 0.262 e. The van der Waals surface area contributed by atoms with E-state index in [2.05, 4.69) is 26.0 Å². The topological polar surface area (TPSA) is 84.5 Å². The quantitative estimate of drug-likeness (QED) is 0.437. The highest BCUT2D eigenvalue weighted by Gasteiger charge is 2.19. The van der Waals surface area contributed by atoms with E-state index >= 15 is 0 Å². The van der Waals surface area contributed by atoms with Gasteiger partial charge in [0.1, 0.15) is 5.75 Å². The van der Waals surface area contributed by atoms with E-state index in [1.807, 2.05) is 24.4 Å². The van der Waals surface area contributed by atoms with E-state index < -0.39 is 10.0 Å². The number of aryl methyl sites for hydroxylation is 1. The van der Waals surface area contributed by atoms with Crippen LogP contribution in [-0.2, 0) is 21.2 Å². The molecular weight excluding hydrogens is 488 g/mol. The van der Waals surface area contributed by atoms with Crippen LogP contribution in [0.2, 0.25) is 0 Å². The van der Waals surface area contributed by atoms with E-state index in [-0.39, 0.29) is 17.2 Å². The second-order valence-electron chi connectivity index (χ2n) is 6.47. The number of carbonyl (C=O) groups is 1. The summed E-state index contributed by atoms with van der Waals surface area (Å²) < 4.78 is 34.6. The van der Waals surface area contributed by atoms with Crippen molar-refractivity contribution in [2.45, 2.75) is 25.2 Å². The number of carbonyl (C=O) groups excluding carboxylic acids is 1. The molecule has 1 amide bonds. The molecule has 1 aromatic heterocycles. The van der Waals surface area contributed by atoms with Gasteiger partial charge in [-0.05, 0) is 77.1 Å². The van der Waals surface area contributed by atoms with Crippen molar-refractivity contribution in [3.8, 4) is 5.75 Å². The molecule has 0 spiro atoms. The molecule has 3 rings (SSSR count). The number of amides is 1. The number of thiophene rings is 1. The van der Waals surface area contributed by atoms with Gasteiger partial charge in [-0.25, -0.2) is 8.42 Å². The maximum atomic E-state index is 13.0. The highest BCUT2D eigenvalue weighted by molar-refractivity contribution is 9.10. The van der Waals surface area contributed by atoms with Crippen LogP contribution in [0, 0.1) is 6.92 Å². The number of hydrogen-bond acceptors (Lipinski definition) is 5. The molecular formula is C21H21BrN2O4S2. The summed E-state index contributed by atoms with van der Waals surface area (Å²) >= 11 is 4.88. The number of hydrogen-bond donors (Lipinski definition) is 2. The van der Waals surface area contributed by atoms with Crippen molar-refractivity contribution in [2.75, 3.05) is 16.6 Å². The highest BCUT2D eigenvalue weighted by Crippen LogP contribution is 2.30. The average molecular weight is 509 g/mol. The van der Waals surface area contributed by atoms with Crippen molar-refractivity contribution in [2.24, 2.45) is 0 Å². The van der Waals surface area contributed by atoms with E-state index in [9.17, 15) is 13.2 Å². The normalized spacial score (nSPS) is 11.2. The van der Waals surface area contributed by atoms with Crippen molar-refractivity contribution in [1.82, 2.24) is 0 Å². The average Bonchev–Trinajstić information content (AvgIpc) is 3.18. The van der Waals surface area contributed by atoms with Crippen LogP contribution in [-0.4, -0.2) is 20.9 Å². The molecule has 2 aromatic carbocycles. The predicted octanol–water partition coefficient (Wildman–Crippen LogP) is 5.20. The summed E-state index contributed by atoms with van der Waals surface area (Å²) in [5.41, 5.74) is 1.40. The van der Waals surface area contributed by atoms with Crippen LogP contribution in [0.4, 0.5) is 11.4 Å². The molecule has 0 atom stereocenters. The molecule has 9 heteroatoms. The summed E-state index contributed by atoms with van der Waals surface area (Å²) in [4.78, 5) is 13.3. The lowest BCUT2D eigenvalue weighted by atomic mass is 10.2. The largest absolute Gasteiger partial charge is 0.493 e. The zero-order chi connectivity index (χ0) is 21.7. The lowest BCUT2D eigenvalue weighted by molar-refractivity contribution is -0.115. The molecule has 158 valence electrons. The first-order valence-electron chi connectivity index (χ1n) is 9.16. The third-order valence-corrected chi connectivity index (χ3v) is 7.18. The summed E-state index contributed by atoms with van der Waals surface area (Å²) in [5.74, 6) is 0.431. The first-order valence-corrected chi connectivity index (χ1v) is 12.3. The van der Waals surface area contributed by atoms with E-state index in [1.54, 1.807) is 37.3 Å². The van der Waals surface area contributed by atoms with Crippen molar-refractivity contribution in [1.29, 1.82) is 0 Å². The fourth-order valence-corrected chi connectivity index (χ4v) is 5.31. The van der Waals surface area contributed by atoms with Crippen molar-refractivity contribution in [3.05, 3.63) is 68.8 Å². The van der Waals surface area contributed by atoms with Gasteiger partial charge >= 0.3 is 0 Å². The number of nitrogens with one attached hydrogen (secondary N) is 2. The third kappa shape index (κ3) is 5.62. The minimum atomic E-state index is -3.86. The Bertz CT molecular complexity index is 1150. The minimum Gasteiger partial charge on any atom is -0.493 e. The summed E-state index contributed by atoms with van der Waals surface area (Å²) in [7, 11) is -3.86. The molecule has 0 saturated heterocycles. The van der Waals surface area contributed by atoms with Crippen LogP contribution in [0.25, 0.3) is 0 Å². The SMILES string of the molecule is CCOc1ccc(NS(=O)(=O)c2cc(NC(=O)Cc3cccs3)ccc2C)cc1Br. The second-order valence-corrected chi connectivity index (χ2v) is 10.0. The van der Waals surface area contributed by atoms with Gasteiger partial charge < -0.3 is 10.1 Å². The molecule has 2 N–H and O–H groups in total. The summed E-state index contributed by atoms with van der Waals surface area (Å²) in [6.07, 6.45) is 0.242. The molecule has 0 fully saturated rings. The molecule has 0 aliphatic rings. The Balaban J connectivity index is 1.79. The summed E-state index contributed by atoms with van der Waals surface area (Å²) in [6.45, 7) is 4.09. The molecule has 3 aromatic rings. The number of halogens is 1. The van der Waals surface area contributed by atoms with Gasteiger partial charge in [-0.1, -0.05) is 12.1 Å². The predicted molar refractivity (Wildman–Crippen MR) is 124 cm³/mol. The van der Waals surface area contributed by atoms with E-state index in [1.165, 1.54) is 17.4 Å². The van der Waals surface area contributed by atoms with Crippen LogP contribution in [0.15, 0.2) is 63.3 Å². The monoisotopic (exact) mass is 508 g/mol.